The van der Waals surface area contributed by atoms with Crippen molar-refractivity contribution < 1.29 is 0 Å². The maximum atomic E-state index is 6.59. The fraction of sp³-hybridized carbons (Fsp3) is 0.733. The second-order valence-corrected chi connectivity index (χ2v) is 8.12. The van der Waals surface area contributed by atoms with Crippen molar-refractivity contribution >= 4 is 27.3 Å². The molecule has 1 aromatic heterocycles. The van der Waals surface area contributed by atoms with Crippen LogP contribution in [0.2, 0.25) is 0 Å². The molecule has 18 heavy (non-hydrogen) atoms. The highest BCUT2D eigenvalue weighted by atomic mass is 79.9. The van der Waals surface area contributed by atoms with Crippen LogP contribution < -0.4 is 5.73 Å². The van der Waals surface area contributed by atoms with Crippen molar-refractivity contribution in [3.63, 3.8) is 0 Å². The van der Waals surface area contributed by atoms with Crippen LogP contribution in [0.25, 0.3) is 0 Å². The Kier molecular flexibility index (Phi) is 4.90. The van der Waals surface area contributed by atoms with Crippen LogP contribution in [-0.4, -0.2) is 6.04 Å². The zero-order valence-electron chi connectivity index (χ0n) is 11.4. The third-order valence-electron chi connectivity index (χ3n) is 4.24. The normalized spacial score (nSPS) is 20.5. The number of nitrogens with two attached hydrogens (primary N) is 1. The molecule has 0 aliphatic heterocycles. The van der Waals surface area contributed by atoms with Crippen LogP contribution in [0.1, 0.15) is 50.8 Å². The summed E-state index contributed by atoms with van der Waals surface area (Å²) in [6.07, 6.45) is 7.74. The summed E-state index contributed by atoms with van der Waals surface area (Å²) in [5, 5.41) is 2.16. The van der Waals surface area contributed by atoms with Crippen LogP contribution in [0.4, 0.5) is 0 Å². The molecule has 2 rings (SSSR count). The fourth-order valence-corrected chi connectivity index (χ4v) is 5.02. The lowest BCUT2D eigenvalue weighted by atomic mass is 9.72. The van der Waals surface area contributed by atoms with Gasteiger partial charge in [0, 0.05) is 20.8 Å². The Balaban J connectivity index is 2.06. The zero-order chi connectivity index (χ0) is 13.2. The van der Waals surface area contributed by atoms with Gasteiger partial charge in [-0.3, -0.25) is 0 Å². The standard InChI is InChI=1S/C15H24BrNS/c1-11(2)9-15(5-3-4-6-15)14(17)8-13-7-12(16)10-18-13/h7,10-11,14H,3-6,8-9,17H2,1-2H3. The molecular formula is C15H24BrNS. The molecule has 1 unspecified atom stereocenters. The molecule has 0 aromatic carbocycles. The Morgan fingerprint density at radius 1 is 1.39 bits per heavy atom. The molecule has 3 heteroatoms. The first-order chi connectivity index (χ1) is 8.52. The number of hydrogen-bond donors (Lipinski definition) is 1. The molecule has 102 valence electrons. The zero-order valence-corrected chi connectivity index (χ0v) is 13.8. The first-order valence-corrected chi connectivity index (χ1v) is 8.67. The van der Waals surface area contributed by atoms with Crippen molar-refractivity contribution in [2.45, 2.75) is 58.4 Å². The third-order valence-corrected chi connectivity index (χ3v) is 5.96. The van der Waals surface area contributed by atoms with Gasteiger partial charge in [0.25, 0.3) is 0 Å². The Morgan fingerprint density at radius 3 is 2.56 bits per heavy atom. The molecule has 0 radical (unpaired) electrons. The molecule has 1 saturated carbocycles. The molecule has 0 spiro atoms. The van der Waals surface area contributed by atoms with Crippen LogP contribution in [0, 0.1) is 11.3 Å². The molecule has 1 aromatic rings. The number of rotatable bonds is 5. The topological polar surface area (TPSA) is 26.0 Å². The van der Waals surface area contributed by atoms with E-state index in [0.717, 1.165) is 12.3 Å². The van der Waals surface area contributed by atoms with Gasteiger partial charge in [-0.05, 0) is 59.0 Å². The minimum atomic E-state index is 0.327. The monoisotopic (exact) mass is 329 g/mol. The minimum absolute atomic E-state index is 0.327. The smallest absolute Gasteiger partial charge is 0.0285 e. The van der Waals surface area contributed by atoms with Gasteiger partial charge in [-0.15, -0.1) is 11.3 Å². The third kappa shape index (κ3) is 3.37. The number of hydrogen-bond acceptors (Lipinski definition) is 2. The van der Waals surface area contributed by atoms with Gasteiger partial charge >= 0.3 is 0 Å². The predicted octanol–water partition coefficient (Wildman–Crippen LogP) is 4.99. The van der Waals surface area contributed by atoms with Crippen LogP contribution in [0.15, 0.2) is 15.9 Å². The van der Waals surface area contributed by atoms with E-state index < -0.39 is 0 Å². The summed E-state index contributed by atoms with van der Waals surface area (Å²) >= 11 is 5.36. The molecule has 1 aliphatic rings. The Bertz CT molecular complexity index is 380. The van der Waals surface area contributed by atoms with Gasteiger partial charge in [-0.1, -0.05) is 26.7 Å². The highest BCUT2D eigenvalue weighted by Gasteiger charge is 2.39. The van der Waals surface area contributed by atoms with Gasteiger partial charge in [0.05, 0.1) is 0 Å². The van der Waals surface area contributed by atoms with Crippen molar-refractivity contribution in [2.24, 2.45) is 17.1 Å². The molecule has 0 bridgehead atoms. The molecular weight excluding hydrogens is 306 g/mol. The summed E-state index contributed by atoms with van der Waals surface area (Å²) in [6.45, 7) is 4.66. The first kappa shape index (κ1) is 14.5. The van der Waals surface area contributed by atoms with Crippen molar-refractivity contribution in [1.82, 2.24) is 0 Å². The quantitative estimate of drug-likeness (QED) is 0.809. The van der Waals surface area contributed by atoms with Crippen LogP contribution >= 0.6 is 27.3 Å². The van der Waals surface area contributed by atoms with Crippen LogP contribution in [0.3, 0.4) is 0 Å². The molecule has 1 fully saturated rings. The summed E-state index contributed by atoms with van der Waals surface area (Å²) in [5.74, 6) is 0.754. The van der Waals surface area contributed by atoms with Crippen molar-refractivity contribution in [2.75, 3.05) is 0 Å². The SMILES string of the molecule is CC(C)CC1(C(N)Cc2cc(Br)cs2)CCCC1. The first-order valence-electron chi connectivity index (χ1n) is 7.00. The van der Waals surface area contributed by atoms with E-state index in [0.29, 0.717) is 11.5 Å². The predicted molar refractivity (Wildman–Crippen MR) is 84.1 cm³/mol. The van der Waals surface area contributed by atoms with E-state index >= 15 is 0 Å². The van der Waals surface area contributed by atoms with Crippen LogP contribution in [-0.2, 0) is 6.42 Å². The summed E-state index contributed by atoms with van der Waals surface area (Å²) in [4.78, 5) is 1.42. The van der Waals surface area contributed by atoms with Gasteiger partial charge < -0.3 is 5.73 Å². The minimum Gasteiger partial charge on any atom is -0.327 e. The Hall–Kier alpha value is 0.140. The maximum absolute atomic E-state index is 6.59. The van der Waals surface area contributed by atoms with Gasteiger partial charge in [0.2, 0.25) is 0 Å². The van der Waals surface area contributed by atoms with Gasteiger partial charge in [0.15, 0.2) is 0 Å². The van der Waals surface area contributed by atoms with E-state index in [1.54, 1.807) is 0 Å². The van der Waals surface area contributed by atoms with Crippen molar-refractivity contribution in [3.8, 4) is 0 Å². The largest absolute Gasteiger partial charge is 0.327 e. The van der Waals surface area contributed by atoms with E-state index in [-0.39, 0.29) is 0 Å². The second kappa shape index (κ2) is 6.06. The summed E-state index contributed by atoms with van der Waals surface area (Å²) < 4.78 is 1.19. The highest BCUT2D eigenvalue weighted by Crippen LogP contribution is 2.46. The average molecular weight is 330 g/mol. The lowest BCUT2D eigenvalue weighted by Gasteiger charge is -2.37. The summed E-state index contributed by atoms with van der Waals surface area (Å²) in [5.41, 5.74) is 7.00. The molecule has 0 amide bonds. The second-order valence-electron chi connectivity index (χ2n) is 6.21. The highest BCUT2D eigenvalue weighted by molar-refractivity contribution is 9.10. The molecule has 0 saturated heterocycles. The number of halogens is 1. The molecule has 1 heterocycles. The molecule has 1 atom stereocenters. The van der Waals surface area contributed by atoms with Gasteiger partial charge in [0.1, 0.15) is 0 Å². The van der Waals surface area contributed by atoms with E-state index in [1.165, 1.54) is 41.5 Å². The summed E-state index contributed by atoms with van der Waals surface area (Å²) in [7, 11) is 0. The van der Waals surface area contributed by atoms with Gasteiger partial charge in [-0.2, -0.15) is 0 Å². The average Bonchev–Trinajstić information content (AvgIpc) is 2.88. The Morgan fingerprint density at radius 2 is 2.06 bits per heavy atom. The molecule has 2 N–H and O–H groups in total. The van der Waals surface area contributed by atoms with Crippen molar-refractivity contribution in [1.29, 1.82) is 0 Å². The lowest BCUT2D eigenvalue weighted by Crippen LogP contribution is -2.42. The van der Waals surface area contributed by atoms with E-state index in [2.05, 4.69) is 41.2 Å². The number of thiophene rings is 1. The molecule has 1 aliphatic carbocycles. The summed E-state index contributed by atoms with van der Waals surface area (Å²) in [6, 6.07) is 2.55. The van der Waals surface area contributed by atoms with E-state index in [4.69, 9.17) is 5.73 Å². The van der Waals surface area contributed by atoms with Crippen LogP contribution in [0.5, 0.6) is 0 Å². The van der Waals surface area contributed by atoms with Crippen molar-refractivity contribution in [3.05, 3.63) is 20.8 Å². The van der Waals surface area contributed by atoms with Gasteiger partial charge in [-0.25, -0.2) is 0 Å². The Labute approximate surface area is 123 Å². The lowest BCUT2D eigenvalue weighted by molar-refractivity contribution is 0.182. The van der Waals surface area contributed by atoms with E-state index in [1.807, 2.05) is 11.3 Å². The maximum Gasteiger partial charge on any atom is 0.0285 e. The fourth-order valence-electron chi connectivity index (χ4n) is 3.51. The van der Waals surface area contributed by atoms with E-state index in [9.17, 15) is 0 Å². The molecule has 1 nitrogen and oxygen atoms in total.